The Kier molecular flexibility index (Phi) is 6.76. The summed E-state index contributed by atoms with van der Waals surface area (Å²) in [6.45, 7) is 3.62. The number of ether oxygens (including phenoxy) is 2. The van der Waals surface area contributed by atoms with Crippen molar-refractivity contribution >= 4 is 34.4 Å². The summed E-state index contributed by atoms with van der Waals surface area (Å²) in [5.74, 6) is -0.448. The Balaban J connectivity index is 1.66. The number of pyridine rings is 1. The molecule has 4 aromatic rings. The number of fused-ring (bicyclic) bond motifs is 1. The quantitative estimate of drug-likeness (QED) is 0.399. The van der Waals surface area contributed by atoms with Crippen molar-refractivity contribution in [1.29, 1.82) is 0 Å². The maximum Gasteiger partial charge on any atom is 0.269 e. The van der Waals surface area contributed by atoms with Gasteiger partial charge in [-0.25, -0.2) is 14.4 Å². The van der Waals surface area contributed by atoms with Gasteiger partial charge in [-0.05, 0) is 38.1 Å². The van der Waals surface area contributed by atoms with Gasteiger partial charge in [0.05, 0.1) is 30.1 Å². The largest absolute Gasteiger partial charge is 0.461 e. The van der Waals surface area contributed by atoms with Crippen LogP contribution in [-0.4, -0.2) is 49.9 Å². The number of anilines is 1. The highest BCUT2D eigenvalue weighted by Gasteiger charge is 2.25. The number of hydrogen-bond acceptors (Lipinski definition) is 7. The van der Waals surface area contributed by atoms with Gasteiger partial charge >= 0.3 is 0 Å². The van der Waals surface area contributed by atoms with Crippen LogP contribution in [0.5, 0.6) is 5.88 Å². The molecular formula is C22H20ClFN6O3. The lowest BCUT2D eigenvalue weighted by molar-refractivity contribution is -0.126. The molecular weight excluding hydrogens is 451 g/mol. The van der Waals surface area contributed by atoms with Gasteiger partial charge in [0.25, 0.3) is 5.91 Å². The minimum absolute atomic E-state index is 0.0601. The van der Waals surface area contributed by atoms with Crippen molar-refractivity contribution in [2.45, 2.75) is 26.1 Å². The van der Waals surface area contributed by atoms with E-state index < -0.39 is 17.8 Å². The third-order valence-corrected chi connectivity index (χ3v) is 4.83. The van der Waals surface area contributed by atoms with E-state index in [-0.39, 0.29) is 24.4 Å². The summed E-state index contributed by atoms with van der Waals surface area (Å²) in [7, 11) is 0. The fraction of sp³-hybridized carbons (Fsp3) is 0.227. The predicted octanol–water partition coefficient (Wildman–Crippen LogP) is 4.02. The first-order valence-corrected chi connectivity index (χ1v) is 10.4. The molecule has 3 aromatic heterocycles. The summed E-state index contributed by atoms with van der Waals surface area (Å²) in [6, 6.07) is 9.65. The van der Waals surface area contributed by atoms with Crippen LogP contribution in [0.2, 0.25) is 5.02 Å². The molecule has 170 valence electrons. The average molecular weight is 471 g/mol. The van der Waals surface area contributed by atoms with E-state index in [0.717, 1.165) is 6.20 Å². The van der Waals surface area contributed by atoms with Crippen molar-refractivity contribution in [3.63, 3.8) is 0 Å². The van der Waals surface area contributed by atoms with Gasteiger partial charge in [0.15, 0.2) is 11.5 Å². The standard InChI is InChI=1S/C22H20ClFN6O3/c1-12(2)32-11-17(21(31)27-18-8-7-13(24)9-25-18)33-22-15-10-26-30-20(15)28-19(29-22)14-5-3-4-6-16(14)23/h3-10,12,17H,11H2,1-2H3,(H,25,27,31)(H,26,28,29,30)/t17-/m0/s1. The van der Waals surface area contributed by atoms with Crippen LogP contribution in [0.1, 0.15) is 13.8 Å². The molecule has 4 rings (SSSR count). The number of H-pyrrole nitrogens is 1. The Morgan fingerprint density at radius 2 is 2.00 bits per heavy atom. The van der Waals surface area contributed by atoms with E-state index in [1.54, 1.807) is 18.2 Å². The third-order valence-electron chi connectivity index (χ3n) is 4.50. The molecule has 0 aliphatic carbocycles. The zero-order valence-electron chi connectivity index (χ0n) is 17.8. The molecule has 0 bridgehead atoms. The van der Waals surface area contributed by atoms with E-state index in [1.807, 2.05) is 19.9 Å². The molecule has 0 aliphatic rings. The van der Waals surface area contributed by atoms with Crippen molar-refractivity contribution in [3.05, 3.63) is 59.6 Å². The van der Waals surface area contributed by atoms with E-state index >= 15 is 0 Å². The van der Waals surface area contributed by atoms with E-state index in [0.29, 0.717) is 27.4 Å². The molecule has 2 N–H and O–H groups in total. The predicted molar refractivity (Wildman–Crippen MR) is 120 cm³/mol. The van der Waals surface area contributed by atoms with Crippen molar-refractivity contribution < 1.29 is 18.7 Å². The number of rotatable bonds is 8. The van der Waals surface area contributed by atoms with E-state index in [1.165, 1.54) is 18.3 Å². The Hall–Kier alpha value is -3.63. The Labute approximate surface area is 193 Å². The summed E-state index contributed by atoms with van der Waals surface area (Å²) in [5.41, 5.74) is 1.01. The van der Waals surface area contributed by atoms with Crippen LogP contribution in [0.15, 0.2) is 48.8 Å². The van der Waals surface area contributed by atoms with Crippen LogP contribution in [-0.2, 0) is 9.53 Å². The Bertz CT molecular complexity index is 1260. The number of nitrogens with zero attached hydrogens (tertiary/aromatic N) is 4. The maximum absolute atomic E-state index is 13.2. The molecule has 0 saturated carbocycles. The molecule has 11 heteroatoms. The molecule has 0 unspecified atom stereocenters. The van der Waals surface area contributed by atoms with Crippen molar-refractivity contribution in [2.24, 2.45) is 0 Å². The topological polar surface area (TPSA) is 115 Å². The monoisotopic (exact) mass is 470 g/mol. The molecule has 0 aliphatic heterocycles. The second kappa shape index (κ2) is 9.88. The van der Waals surface area contributed by atoms with Crippen molar-refractivity contribution in [2.75, 3.05) is 11.9 Å². The van der Waals surface area contributed by atoms with Crippen LogP contribution < -0.4 is 10.1 Å². The van der Waals surface area contributed by atoms with Crippen molar-refractivity contribution in [3.8, 4) is 17.3 Å². The molecule has 1 amide bonds. The number of amides is 1. The van der Waals surface area contributed by atoms with Crippen LogP contribution in [0.25, 0.3) is 22.4 Å². The summed E-state index contributed by atoms with van der Waals surface area (Å²) in [5, 5.41) is 10.3. The zero-order valence-corrected chi connectivity index (χ0v) is 18.5. The fourth-order valence-electron chi connectivity index (χ4n) is 2.90. The summed E-state index contributed by atoms with van der Waals surface area (Å²) >= 11 is 6.31. The first-order chi connectivity index (χ1) is 15.9. The molecule has 0 spiro atoms. The van der Waals surface area contributed by atoms with Gasteiger partial charge in [-0.1, -0.05) is 23.7 Å². The van der Waals surface area contributed by atoms with Gasteiger partial charge < -0.3 is 14.8 Å². The number of halogens is 2. The number of benzene rings is 1. The van der Waals surface area contributed by atoms with Crippen LogP contribution >= 0.6 is 11.6 Å². The minimum atomic E-state index is -1.09. The number of hydrogen-bond donors (Lipinski definition) is 2. The highest BCUT2D eigenvalue weighted by atomic mass is 35.5. The van der Waals surface area contributed by atoms with Gasteiger partial charge in [0.1, 0.15) is 17.0 Å². The number of nitrogens with one attached hydrogen (secondary N) is 2. The first-order valence-electron chi connectivity index (χ1n) is 10.1. The smallest absolute Gasteiger partial charge is 0.269 e. The van der Waals surface area contributed by atoms with E-state index in [4.69, 9.17) is 21.1 Å². The van der Waals surface area contributed by atoms with Gasteiger partial charge in [-0.2, -0.15) is 10.1 Å². The number of carbonyl (C=O) groups is 1. The van der Waals surface area contributed by atoms with Crippen LogP contribution in [0.4, 0.5) is 10.2 Å². The van der Waals surface area contributed by atoms with Crippen molar-refractivity contribution in [1.82, 2.24) is 25.1 Å². The zero-order chi connectivity index (χ0) is 23.4. The highest BCUT2D eigenvalue weighted by molar-refractivity contribution is 6.33. The number of carbonyl (C=O) groups excluding carboxylic acids is 1. The van der Waals surface area contributed by atoms with Gasteiger partial charge in [0.2, 0.25) is 12.0 Å². The lowest BCUT2D eigenvalue weighted by Crippen LogP contribution is -2.38. The number of aromatic nitrogens is 5. The molecule has 0 fully saturated rings. The third kappa shape index (κ3) is 5.41. The molecule has 0 saturated heterocycles. The normalized spacial score (nSPS) is 12.2. The molecule has 3 heterocycles. The second-order valence-corrected chi connectivity index (χ2v) is 7.71. The lowest BCUT2D eigenvalue weighted by atomic mass is 10.2. The van der Waals surface area contributed by atoms with Crippen LogP contribution in [0.3, 0.4) is 0 Å². The number of aromatic amines is 1. The lowest BCUT2D eigenvalue weighted by Gasteiger charge is -2.20. The summed E-state index contributed by atoms with van der Waals surface area (Å²) in [6.07, 6.45) is 1.27. The van der Waals surface area contributed by atoms with Gasteiger partial charge in [-0.3, -0.25) is 9.89 Å². The Morgan fingerprint density at radius 1 is 1.18 bits per heavy atom. The van der Waals surface area contributed by atoms with Crippen LogP contribution in [0, 0.1) is 5.82 Å². The molecule has 9 nitrogen and oxygen atoms in total. The first kappa shape index (κ1) is 22.6. The SMILES string of the molecule is CC(C)OC[C@H](Oc1nc(-c2ccccc2Cl)nc2[nH]ncc12)C(=O)Nc1ccc(F)cn1. The Morgan fingerprint density at radius 3 is 2.73 bits per heavy atom. The highest BCUT2D eigenvalue weighted by Crippen LogP contribution is 2.30. The van der Waals surface area contributed by atoms with Gasteiger partial charge in [0, 0.05) is 5.56 Å². The molecule has 1 atom stereocenters. The summed E-state index contributed by atoms with van der Waals surface area (Å²) in [4.78, 5) is 25.8. The van der Waals surface area contributed by atoms with E-state index in [9.17, 15) is 9.18 Å². The van der Waals surface area contributed by atoms with Gasteiger partial charge in [-0.15, -0.1) is 0 Å². The molecule has 33 heavy (non-hydrogen) atoms. The maximum atomic E-state index is 13.2. The summed E-state index contributed by atoms with van der Waals surface area (Å²) < 4.78 is 24.8. The molecule has 0 radical (unpaired) electrons. The van der Waals surface area contributed by atoms with E-state index in [2.05, 4.69) is 30.5 Å². The fourth-order valence-corrected chi connectivity index (χ4v) is 3.12. The molecule has 1 aromatic carbocycles. The average Bonchev–Trinajstić information content (AvgIpc) is 3.27. The second-order valence-electron chi connectivity index (χ2n) is 7.30. The minimum Gasteiger partial charge on any atom is -0.461 e.